The van der Waals surface area contributed by atoms with Crippen LogP contribution >= 0.6 is 23.4 Å². The molecule has 1 atom stereocenters. The Morgan fingerprint density at radius 2 is 2.07 bits per heavy atom. The molecule has 10 heteroatoms. The van der Waals surface area contributed by atoms with E-state index in [4.69, 9.17) is 21.5 Å². The Kier molecular flexibility index (Phi) is 6.31. The van der Waals surface area contributed by atoms with Gasteiger partial charge < -0.3 is 15.4 Å². The highest BCUT2D eigenvalue weighted by atomic mass is 35.5. The lowest BCUT2D eigenvalue weighted by Gasteiger charge is -2.15. The number of ether oxygens (including phenoxy) is 1. The van der Waals surface area contributed by atoms with E-state index >= 15 is 0 Å². The van der Waals surface area contributed by atoms with Crippen LogP contribution in [0.2, 0.25) is 5.02 Å². The van der Waals surface area contributed by atoms with Crippen molar-refractivity contribution in [1.29, 1.82) is 0 Å². The Labute approximate surface area is 172 Å². The molecule has 0 aromatic heterocycles. The lowest BCUT2D eigenvalue weighted by molar-refractivity contribution is -0.115. The molecular formula is C18H18ClN3O4S2. The van der Waals surface area contributed by atoms with Crippen LogP contribution in [0.15, 0.2) is 52.8 Å². The number of halogens is 1. The lowest BCUT2D eigenvalue weighted by atomic mass is 10.1. The highest BCUT2D eigenvalue weighted by molar-refractivity contribution is 8.03. The number of anilines is 1. The van der Waals surface area contributed by atoms with Crippen LogP contribution in [0, 0.1) is 0 Å². The van der Waals surface area contributed by atoms with E-state index < -0.39 is 10.0 Å². The highest BCUT2D eigenvalue weighted by Crippen LogP contribution is 2.32. The Hall–Kier alpha value is -2.04. The number of nitrogens with one attached hydrogen (secondary N) is 2. The fourth-order valence-corrected chi connectivity index (χ4v) is 4.40. The van der Waals surface area contributed by atoms with E-state index in [0.717, 1.165) is 0 Å². The normalized spacial score (nSPS) is 16.4. The average Bonchev–Trinajstić information content (AvgIpc) is 3.12. The van der Waals surface area contributed by atoms with E-state index in [1.807, 2.05) is 0 Å². The maximum Gasteiger partial charge on any atom is 0.238 e. The number of thioether (sulfide) groups is 1. The average molecular weight is 440 g/mol. The summed E-state index contributed by atoms with van der Waals surface area (Å²) in [5, 5.41) is 13.4. The number of carbonyl (C=O) groups excluding carboxylic acids is 1. The van der Waals surface area contributed by atoms with Crippen LogP contribution in [-0.4, -0.2) is 27.0 Å². The molecule has 0 radical (unpaired) electrons. The molecule has 0 spiro atoms. The molecule has 2 aromatic carbocycles. The number of primary sulfonamides is 1. The first kappa shape index (κ1) is 20.7. The molecule has 0 saturated heterocycles. The Morgan fingerprint density at radius 3 is 2.71 bits per heavy atom. The summed E-state index contributed by atoms with van der Waals surface area (Å²) < 4.78 is 29.4. The summed E-state index contributed by atoms with van der Waals surface area (Å²) >= 11 is 7.44. The molecule has 2 aromatic rings. The third-order valence-electron chi connectivity index (χ3n) is 3.97. The number of methoxy groups -OCH3 is 1. The van der Waals surface area contributed by atoms with Crippen molar-refractivity contribution in [1.82, 2.24) is 5.32 Å². The number of rotatable bonds is 6. The third-order valence-corrected chi connectivity index (χ3v) is 6.22. The number of amides is 1. The van der Waals surface area contributed by atoms with Gasteiger partial charge in [-0.2, -0.15) is 0 Å². The monoisotopic (exact) mass is 439 g/mol. The fourth-order valence-electron chi connectivity index (χ4n) is 2.66. The standard InChI is InChI=1S/C18H18ClN3O4S2/c1-26-18-22-15(10-27-18)13-7-6-12(9-16(13)28(20,24)25)21-17(23)8-11-4-2-3-5-14(11)19/h2-7,9-10,18,22H,8H2,1H3,(H,21,23)(H2,20,24,25). The zero-order valence-corrected chi connectivity index (χ0v) is 17.2. The van der Waals surface area contributed by atoms with Crippen molar-refractivity contribution in [3.8, 4) is 0 Å². The SMILES string of the molecule is COC1NC(c2ccc(NC(=O)Cc3ccccc3Cl)cc2S(N)(=O)=O)=CS1. The summed E-state index contributed by atoms with van der Waals surface area (Å²) in [5.41, 5.74) is 1.67. The first-order valence-electron chi connectivity index (χ1n) is 8.13. The molecule has 0 saturated carbocycles. The molecule has 0 bridgehead atoms. The molecule has 28 heavy (non-hydrogen) atoms. The molecule has 7 nitrogen and oxygen atoms in total. The molecule has 3 rings (SSSR count). The quantitative estimate of drug-likeness (QED) is 0.638. The van der Waals surface area contributed by atoms with Gasteiger partial charge in [-0.1, -0.05) is 41.6 Å². The maximum absolute atomic E-state index is 12.3. The van der Waals surface area contributed by atoms with Crippen LogP contribution in [-0.2, 0) is 26.0 Å². The molecule has 4 N–H and O–H groups in total. The van der Waals surface area contributed by atoms with Crippen molar-refractivity contribution in [3.63, 3.8) is 0 Å². The summed E-state index contributed by atoms with van der Waals surface area (Å²) in [6.45, 7) is 0. The minimum absolute atomic E-state index is 0.0605. The molecule has 1 unspecified atom stereocenters. The van der Waals surface area contributed by atoms with Crippen LogP contribution in [0.3, 0.4) is 0 Å². The minimum atomic E-state index is -4.02. The first-order chi connectivity index (χ1) is 13.3. The predicted molar refractivity (Wildman–Crippen MR) is 111 cm³/mol. The van der Waals surface area contributed by atoms with Gasteiger partial charge in [0.25, 0.3) is 0 Å². The molecule has 148 valence electrons. The summed E-state index contributed by atoms with van der Waals surface area (Å²) in [6.07, 6.45) is 0.0605. The predicted octanol–water partition coefficient (Wildman–Crippen LogP) is 2.73. The molecule has 1 heterocycles. The summed E-state index contributed by atoms with van der Waals surface area (Å²) in [5.74, 6) is -0.325. The molecule has 0 aliphatic carbocycles. The number of benzene rings is 2. The van der Waals surface area contributed by atoms with Gasteiger partial charge >= 0.3 is 0 Å². The second-order valence-electron chi connectivity index (χ2n) is 5.95. The van der Waals surface area contributed by atoms with Gasteiger partial charge in [-0.15, -0.1) is 0 Å². The van der Waals surface area contributed by atoms with Crippen molar-refractivity contribution < 1.29 is 17.9 Å². The van der Waals surface area contributed by atoms with Crippen molar-refractivity contribution in [2.45, 2.75) is 16.9 Å². The second kappa shape index (κ2) is 8.54. The van der Waals surface area contributed by atoms with Gasteiger partial charge in [-0.05, 0) is 35.2 Å². The second-order valence-corrected chi connectivity index (χ2v) is 8.82. The molecular weight excluding hydrogens is 422 g/mol. The zero-order chi connectivity index (χ0) is 20.3. The van der Waals surface area contributed by atoms with Crippen LogP contribution in [0.4, 0.5) is 5.69 Å². The van der Waals surface area contributed by atoms with Gasteiger partial charge in [0.15, 0.2) is 5.56 Å². The zero-order valence-electron chi connectivity index (χ0n) is 14.8. The van der Waals surface area contributed by atoms with Crippen molar-refractivity contribution in [2.75, 3.05) is 12.4 Å². The van der Waals surface area contributed by atoms with Gasteiger partial charge in [-0.3, -0.25) is 4.79 Å². The smallest absolute Gasteiger partial charge is 0.238 e. The van der Waals surface area contributed by atoms with Crippen LogP contribution in [0.25, 0.3) is 5.70 Å². The largest absolute Gasteiger partial charge is 0.352 e. The lowest BCUT2D eigenvalue weighted by Crippen LogP contribution is -2.23. The van der Waals surface area contributed by atoms with Gasteiger partial charge in [0.05, 0.1) is 17.0 Å². The van der Waals surface area contributed by atoms with Gasteiger partial charge in [0, 0.05) is 23.4 Å². The van der Waals surface area contributed by atoms with Gasteiger partial charge in [0.1, 0.15) is 0 Å². The Morgan fingerprint density at radius 1 is 1.32 bits per heavy atom. The topological polar surface area (TPSA) is 111 Å². The first-order valence-corrected chi connectivity index (χ1v) is 11.0. The number of hydrogen-bond acceptors (Lipinski definition) is 6. The van der Waals surface area contributed by atoms with Crippen molar-refractivity contribution >= 4 is 50.7 Å². The maximum atomic E-state index is 12.3. The van der Waals surface area contributed by atoms with E-state index in [2.05, 4.69) is 10.6 Å². The molecule has 0 fully saturated rings. The summed E-state index contributed by atoms with van der Waals surface area (Å²) in [7, 11) is -2.48. The number of sulfonamides is 1. The molecule has 1 aliphatic heterocycles. The highest BCUT2D eigenvalue weighted by Gasteiger charge is 2.23. The fraction of sp³-hybridized carbons (Fsp3) is 0.167. The number of hydrogen-bond donors (Lipinski definition) is 3. The van der Waals surface area contributed by atoms with Gasteiger partial charge in [-0.25, -0.2) is 13.6 Å². The third kappa shape index (κ3) is 4.86. The molecule has 1 amide bonds. The van der Waals surface area contributed by atoms with Gasteiger partial charge in [0.2, 0.25) is 15.9 Å². The summed E-state index contributed by atoms with van der Waals surface area (Å²) in [4.78, 5) is 12.2. The Bertz CT molecular complexity index is 1040. The van der Waals surface area contributed by atoms with Crippen molar-refractivity contribution in [3.05, 3.63) is 64.0 Å². The molecule has 1 aliphatic rings. The van der Waals surface area contributed by atoms with Crippen LogP contribution in [0.5, 0.6) is 0 Å². The van der Waals surface area contributed by atoms with E-state index in [1.165, 1.54) is 17.8 Å². The van der Waals surface area contributed by atoms with E-state index in [9.17, 15) is 13.2 Å². The van der Waals surface area contributed by atoms with E-state index in [0.29, 0.717) is 27.5 Å². The number of nitrogens with two attached hydrogens (primary N) is 1. The van der Waals surface area contributed by atoms with Crippen LogP contribution in [0.1, 0.15) is 11.1 Å². The minimum Gasteiger partial charge on any atom is -0.352 e. The van der Waals surface area contributed by atoms with Crippen molar-refractivity contribution in [2.24, 2.45) is 5.14 Å². The number of carbonyl (C=O) groups is 1. The van der Waals surface area contributed by atoms with E-state index in [1.54, 1.807) is 48.9 Å². The van der Waals surface area contributed by atoms with E-state index in [-0.39, 0.29) is 22.8 Å². The van der Waals surface area contributed by atoms with Crippen LogP contribution < -0.4 is 15.8 Å². The summed E-state index contributed by atoms with van der Waals surface area (Å²) in [6, 6.07) is 11.6. The Balaban J connectivity index is 1.83.